The summed E-state index contributed by atoms with van der Waals surface area (Å²) in [6.45, 7) is 1.71. The number of nitrogens with zero attached hydrogens (tertiary/aromatic N) is 2. The molecule has 0 unspecified atom stereocenters. The van der Waals surface area contributed by atoms with Crippen LogP contribution >= 0.6 is 11.3 Å². The molecule has 6 heteroatoms. The highest BCUT2D eigenvalue weighted by atomic mass is 32.1. The van der Waals surface area contributed by atoms with Crippen LogP contribution in [0.4, 0.5) is 5.69 Å². The van der Waals surface area contributed by atoms with Crippen molar-refractivity contribution in [3.05, 3.63) is 40.2 Å². The quantitative estimate of drug-likeness (QED) is 0.794. The molecule has 104 valence electrons. The molecule has 20 heavy (non-hydrogen) atoms. The van der Waals surface area contributed by atoms with Gasteiger partial charge in [0.1, 0.15) is 17.6 Å². The van der Waals surface area contributed by atoms with Crippen LogP contribution in [0, 0.1) is 11.3 Å². The van der Waals surface area contributed by atoms with Crippen molar-refractivity contribution in [2.45, 2.75) is 6.54 Å². The summed E-state index contributed by atoms with van der Waals surface area (Å²) >= 11 is 1.49. The summed E-state index contributed by atoms with van der Waals surface area (Å²) in [4.78, 5) is 6.03. The van der Waals surface area contributed by atoms with Gasteiger partial charge < -0.3 is 14.8 Å². The summed E-state index contributed by atoms with van der Waals surface area (Å²) in [6.07, 6.45) is 1.72. The zero-order chi connectivity index (χ0) is 14.2. The van der Waals surface area contributed by atoms with Crippen LogP contribution in [-0.4, -0.2) is 25.3 Å². The zero-order valence-electron chi connectivity index (χ0n) is 11.1. The van der Waals surface area contributed by atoms with Crippen molar-refractivity contribution in [2.75, 3.05) is 25.6 Å². The molecule has 1 N–H and O–H groups in total. The summed E-state index contributed by atoms with van der Waals surface area (Å²) < 4.78 is 10.3. The lowest BCUT2D eigenvalue weighted by Crippen LogP contribution is -2.05. The number of methoxy groups -OCH3 is 1. The van der Waals surface area contributed by atoms with E-state index < -0.39 is 0 Å². The lowest BCUT2D eigenvalue weighted by molar-refractivity contribution is 0.144. The molecular weight excluding hydrogens is 274 g/mol. The highest BCUT2D eigenvalue weighted by molar-refractivity contribution is 7.12. The summed E-state index contributed by atoms with van der Waals surface area (Å²) in [6, 6.07) is 9.63. The normalized spacial score (nSPS) is 10.0. The Bertz CT molecular complexity index is 575. The summed E-state index contributed by atoms with van der Waals surface area (Å²) in [5.41, 5.74) is 0.913. The number of rotatable bonds is 7. The van der Waals surface area contributed by atoms with Crippen molar-refractivity contribution in [2.24, 2.45) is 0 Å². The first-order valence-electron chi connectivity index (χ1n) is 6.12. The summed E-state index contributed by atoms with van der Waals surface area (Å²) in [5, 5.41) is 12.0. The minimum absolute atomic E-state index is 0.488. The average Bonchev–Trinajstić information content (AvgIpc) is 2.95. The Morgan fingerprint density at radius 2 is 2.20 bits per heavy atom. The average molecular weight is 289 g/mol. The standard InChI is InChI=1S/C14H15N3O2S/c1-18-6-7-19-14-5-2-11(9-17-14)16-10-13-4-3-12(8-15)20-13/h2-5,9,16H,6-7,10H2,1H3. The van der Waals surface area contributed by atoms with Gasteiger partial charge >= 0.3 is 0 Å². The van der Waals surface area contributed by atoms with E-state index in [2.05, 4.69) is 16.4 Å². The molecule has 0 atom stereocenters. The molecular formula is C14H15N3O2S. The van der Waals surface area contributed by atoms with E-state index in [1.165, 1.54) is 11.3 Å². The molecule has 0 saturated carbocycles. The van der Waals surface area contributed by atoms with Gasteiger partial charge in [-0.05, 0) is 18.2 Å². The van der Waals surface area contributed by atoms with E-state index in [4.69, 9.17) is 14.7 Å². The van der Waals surface area contributed by atoms with Crippen LogP contribution < -0.4 is 10.1 Å². The van der Waals surface area contributed by atoms with Gasteiger partial charge in [0.05, 0.1) is 18.5 Å². The van der Waals surface area contributed by atoms with E-state index in [1.54, 1.807) is 13.3 Å². The first kappa shape index (κ1) is 14.3. The highest BCUT2D eigenvalue weighted by Gasteiger charge is 2.00. The second-order valence-corrected chi connectivity index (χ2v) is 5.13. The summed E-state index contributed by atoms with van der Waals surface area (Å²) in [7, 11) is 1.63. The third-order valence-corrected chi connectivity index (χ3v) is 3.50. The van der Waals surface area contributed by atoms with Gasteiger partial charge in [0.15, 0.2) is 0 Å². The Kier molecular flexibility index (Phi) is 5.35. The van der Waals surface area contributed by atoms with Gasteiger partial charge in [0.2, 0.25) is 5.88 Å². The molecule has 0 fully saturated rings. The van der Waals surface area contributed by atoms with Crippen LogP contribution in [-0.2, 0) is 11.3 Å². The molecule has 0 radical (unpaired) electrons. The van der Waals surface area contributed by atoms with Gasteiger partial charge in [-0.15, -0.1) is 11.3 Å². The van der Waals surface area contributed by atoms with Crippen molar-refractivity contribution in [1.29, 1.82) is 5.26 Å². The monoisotopic (exact) mass is 289 g/mol. The van der Waals surface area contributed by atoms with Crippen molar-refractivity contribution in [3.8, 4) is 11.9 Å². The van der Waals surface area contributed by atoms with Crippen molar-refractivity contribution in [3.63, 3.8) is 0 Å². The number of anilines is 1. The second-order valence-electron chi connectivity index (χ2n) is 3.96. The van der Waals surface area contributed by atoms with E-state index >= 15 is 0 Å². The van der Waals surface area contributed by atoms with Crippen molar-refractivity contribution >= 4 is 17.0 Å². The van der Waals surface area contributed by atoms with Gasteiger partial charge in [0.25, 0.3) is 0 Å². The Hall–Kier alpha value is -2.10. The Morgan fingerprint density at radius 1 is 1.30 bits per heavy atom. The first-order chi connectivity index (χ1) is 9.81. The van der Waals surface area contributed by atoms with E-state index in [-0.39, 0.29) is 0 Å². The molecule has 5 nitrogen and oxygen atoms in total. The summed E-state index contributed by atoms with van der Waals surface area (Å²) in [5.74, 6) is 0.579. The lowest BCUT2D eigenvalue weighted by atomic mass is 10.4. The maximum absolute atomic E-state index is 8.76. The van der Waals surface area contributed by atoms with E-state index in [0.29, 0.717) is 25.6 Å². The largest absolute Gasteiger partial charge is 0.475 e. The van der Waals surface area contributed by atoms with Gasteiger partial charge in [0, 0.05) is 24.6 Å². The van der Waals surface area contributed by atoms with Gasteiger partial charge in [-0.25, -0.2) is 4.98 Å². The molecule has 2 aromatic heterocycles. The van der Waals surface area contributed by atoms with Crippen LogP contribution in [0.2, 0.25) is 0 Å². The molecule has 2 aromatic rings. The maximum atomic E-state index is 8.76. The molecule has 0 aromatic carbocycles. The molecule has 0 amide bonds. The number of nitriles is 1. The molecule has 0 aliphatic rings. The molecule has 2 heterocycles. The predicted octanol–water partition coefficient (Wildman–Crippen LogP) is 2.65. The van der Waals surface area contributed by atoms with Crippen LogP contribution in [0.25, 0.3) is 0 Å². The number of hydrogen-bond acceptors (Lipinski definition) is 6. The molecule has 2 rings (SSSR count). The topological polar surface area (TPSA) is 67.2 Å². The number of pyridine rings is 1. The molecule has 0 spiro atoms. The molecule has 0 aliphatic carbocycles. The van der Waals surface area contributed by atoms with Gasteiger partial charge in [-0.1, -0.05) is 0 Å². The van der Waals surface area contributed by atoms with E-state index in [1.807, 2.05) is 24.3 Å². The fraction of sp³-hybridized carbons (Fsp3) is 0.286. The first-order valence-corrected chi connectivity index (χ1v) is 6.94. The number of ether oxygens (including phenoxy) is 2. The number of thiophene rings is 1. The molecule has 0 saturated heterocycles. The van der Waals surface area contributed by atoms with Crippen molar-refractivity contribution < 1.29 is 9.47 Å². The minimum atomic E-state index is 0.488. The van der Waals surface area contributed by atoms with E-state index in [9.17, 15) is 0 Å². The Labute approximate surface area is 121 Å². The smallest absolute Gasteiger partial charge is 0.213 e. The van der Waals surface area contributed by atoms with Crippen molar-refractivity contribution in [1.82, 2.24) is 4.98 Å². The lowest BCUT2D eigenvalue weighted by Gasteiger charge is -2.07. The van der Waals surface area contributed by atoms with Crippen LogP contribution in [0.5, 0.6) is 5.88 Å². The SMILES string of the molecule is COCCOc1ccc(NCc2ccc(C#N)s2)cn1. The van der Waals surface area contributed by atoms with Crippen LogP contribution in [0.1, 0.15) is 9.75 Å². The fourth-order valence-corrected chi connectivity index (χ4v) is 2.27. The fourth-order valence-electron chi connectivity index (χ4n) is 1.52. The second kappa shape index (κ2) is 7.48. The molecule has 0 aliphatic heterocycles. The van der Waals surface area contributed by atoms with Crippen LogP contribution in [0.3, 0.4) is 0 Å². The van der Waals surface area contributed by atoms with Gasteiger partial charge in [-0.3, -0.25) is 0 Å². The predicted molar refractivity (Wildman–Crippen MR) is 78.0 cm³/mol. The Morgan fingerprint density at radius 3 is 2.85 bits per heavy atom. The maximum Gasteiger partial charge on any atom is 0.213 e. The van der Waals surface area contributed by atoms with Gasteiger partial charge in [-0.2, -0.15) is 5.26 Å². The number of nitrogens with one attached hydrogen (secondary N) is 1. The number of hydrogen-bond donors (Lipinski definition) is 1. The third-order valence-electron chi connectivity index (χ3n) is 2.51. The highest BCUT2D eigenvalue weighted by Crippen LogP contribution is 2.18. The minimum Gasteiger partial charge on any atom is -0.475 e. The third kappa shape index (κ3) is 4.23. The molecule has 0 bridgehead atoms. The van der Waals surface area contributed by atoms with Crippen LogP contribution in [0.15, 0.2) is 30.5 Å². The van der Waals surface area contributed by atoms with E-state index in [0.717, 1.165) is 15.4 Å². The number of aromatic nitrogens is 1. The zero-order valence-corrected chi connectivity index (χ0v) is 11.9. The Balaban J connectivity index is 1.83.